The molecule has 0 atom stereocenters. The molecule has 82 valence electrons. The third-order valence-corrected chi connectivity index (χ3v) is 3.20. The van der Waals surface area contributed by atoms with Crippen molar-refractivity contribution in [3.8, 4) is 0 Å². The SMILES string of the molecule is CNCCC=Cc1c(Br)cc(F)cc1Br. The van der Waals surface area contributed by atoms with E-state index in [2.05, 4.69) is 43.3 Å². The predicted molar refractivity (Wildman–Crippen MR) is 69.4 cm³/mol. The van der Waals surface area contributed by atoms with Crippen LogP contribution in [-0.4, -0.2) is 13.6 Å². The first-order valence-electron chi connectivity index (χ1n) is 4.61. The average Bonchev–Trinajstić information content (AvgIpc) is 2.15. The van der Waals surface area contributed by atoms with Crippen molar-refractivity contribution in [1.82, 2.24) is 5.32 Å². The van der Waals surface area contributed by atoms with Gasteiger partial charge in [0.15, 0.2) is 0 Å². The Labute approximate surface area is 106 Å². The summed E-state index contributed by atoms with van der Waals surface area (Å²) < 4.78 is 14.5. The molecule has 0 aliphatic rings. The molecule has 0 amide bonds. The number of rotatable bonds is 4. The van der Waals surface area contributed by atoms with Gasteiger partial charge in [0.1, 0.15) is 5.82 Å². The van der Waals surface area contributed by atoms with E-state index >= 15 is 0 Å². The van der Waals surface area contributed by atoms with Gasteiger partial charge in [0.2, 0.25) is 0 Å². The zero-order valence-corrected chi connectivity index (χ0v) is 11.5. The molecule has 15 heavy (non-hydrogen) atoms. The molecule has 1 N–H and O–H groups in total. The average molecular weight is 337 g/mol. The molecule has 0 spiro atoms. The van der Waals surface area contributed by atoms with Gasteiger partial charge in [0.25, 0.3) is 0 Å². The molecule has 1 aromatic carbocycles. The van der Waals surface area contributed by atoms with Crippen LogP contribution in [0.25, 0.3) is 6.08 Å². The number of benzene rings is 1. The summed E-state index contributed by atoms with van der Waals surface area (Å²) in [5.74, 6) is -0.249. The van der Waals surface area contributed by atoms with Gasteiger partial charge in [0, 0.05) is 14.5 Å². The normalized spacial score (nSPS) is 11.2. The molecule has 0 aliphatic heterocycles. The quantitative estimate of drug-likeness (QED) is 0.820. The minimum Gasteiger partial charge on any atom is -0.319 e. The first-order chi connectivity index (χ1) is 7.15. The highest BCUT2D eigenvalue weighted by Gasteiger charge is 2.04. The second-order valence-electron chi connectivity index (χ2n) is 3.08. The van der Waals surface area contributed by atoms with E-state index in [0.29, 0.717) is 0 Å². The number of halogens is 3. The Balaban J connectivity index is 2.80. The predicted octanol–water partition coefficient (Wildman–Crippen LogP) is 3.97. The lowest BCUT2D eigenvalue weighted by atomic mass is 10.2. The second kappa shape index (κ2) is 6.40. The molecule has 0 saturated heterocycles. The summed E-state index contributed by atoms with van der Waals surface area (Å²) in [5.41, 5.74) is 0.965. The van der Waals surface area contributed by atoms with Gasteiger partial charge in [-0.3, -0.25) is 0 Å². The van der Waals surface area contributed by atoms with E-state index in [1.165, 1.54) is 12.1 Å². The topological polar surface area (TPSA) is 12.0 Å². The molecule has 1 nitrogen and oxygen atoms in total. The van der Waals surface area contributed by atoms with Crippen LogP contribution in [0.15, 0.2) is 27.2 Å². The van der Waals surface area contributed by atoms with Crippen LogP contribution in [0.3, 0.4) is 0 Å². The molecule has 0 aromatic heterocycles. The summed E-state index contributed by atoms with van der Waals surface area (Å²) in [6.45, 7) is 0.937. The van der Waals surface area contributed by atoms with Gasteiger partial charge in [0.05, 0.1) is 0 Å². The molecule has 0 radical (unpaired) electrons. The van der Waals surface area contributed by atoms with E-state index in [1.54, 1.807) is 0 Å². The second-order valence-corrected chi connectivity index (χ2v) is 4.79. The fourth-order valence-corrected chi connectivity index (χ4v) is 2.54. The lowest BCUT2D eigenvalue weighted by Gasteiger charge is -2.02. The summed E-state index contributed by atoms with van der Waals surface area (Å²) >= 11 is 6.66. The molecule has 4 heteroatoms. The summed E-state index contributed by atoms with van der Waals surface area (Å²) in [4.78, 5) is 0. The van der Waals surface area contributed by atoms with Gasteiger partial charge >= 0.3 is 0 Å². The fourth-order valence-electron chi connectivity index (χ4n) is 1.14. The van der Waals surface area contributed by atoms with Crippen LogP contribution in [0.5, 0.6) is 0 Å². The highest BCUT2D eigenvalue weighted by Crippen LogP contribution is 2.28. The molecule has 1 rings (SSSR count). The van der Waals surface area contributed by atoms with E-state index in [-0.39, 0.29) is 5.82 Å². The molecular formula is C11H12Br2FN. The van der Waals surface area contributed by atoms with Gasteiger partial charge in [-0.25, -0.2) is 4.39 Å². The largest absolute Gasteiger partial charge is 0.319 e. The first-order valence-corrected chi connectivity index (χ1v) is 6.19. The zero-order valence-electron chi connectivity index (χ0n) is 8.36. The Morgan fingerprint density at radius 3 is 2.47 bits per heavy atom. The Kier molecular flexibility index (Phi) is 5.50. The molecular weight excluding hydrogens is 325 g/mol. The van der Waals surface area contributed by atoms with Crippen LogP contribution in [0.2, 0.25) is 0 Å². The van der Waals surface area contributed by atoms with E-state index in [1.807, 2.05) is 13.1 Å². The number of nitrogens with one attached hydrogen (secondary N) is 1. The van der Waals surface area contributed by atoms with Gasteiger partial charge in [-0.2, -0.15) is 0 Å². The van der Waals surface area contributed by atoms with Crippen molar-refractivity contribution in [2.24, 2.45) is 0 Å². The summed E-state index contributed by atoms with van der Waals surface area (Å²) in [5, 5.41) is 3.06. The van der Waals surface area contributed by atoms with Crippen molar-refractivity contribution in [3.63, 3.8) is 0 Å². The van der Waals surface area contributed by atoms with Crippen molar-refractivity contribution in [1.29, 1.82) is 0 Å². The highest BCUT2D eigenvalue weighted by molar-refractivity contribution is 9.11. The van der Waals surface area contributed by atoms with Crippen molar-refractivity contribution in [2.45, 2.75) is 6.42 Å². The number of hydrogen-bond donors (Lipinski definition) is 1. The van der Waals surface area contributed by atoms with Crippen molar-refractivity contribution >= 4 is 37.9 Å². The van der Waals surface area contributed by atoms with E-state index < -0.39 is 0 Å². The minimum absolute atomic E-state index is 0.249. The Morgan fingerprint density at radius 2 is 1.93 bits per heavy atom. The van der Waals surface area contributed by atoms with Crippen LogP contribution in [0, 0.1) is 5.82 Å². The lowest BCUT2D eigenvalue weighted by Crippen LogP contribution is -2.05. The monoisotopic (exact) mass is 335 g/mol. The molecule has 0 bridgehead atoms. The fraction of sp³-hybridized carbons (Fsp3) is 0.273. The number of hydrogen-bond acceptors (Lipinski definition) is 1. The maximum Gasteiger partial charge on any atom is 0.125 e. The highest BCUT2D eigenvalue weighted by atomic mass is 79.9. The van der Waals surface area contributed by atoms with E-state index in [0.717, 1.165) is 27.5 Å². The van der Waals surface area contributed by atoms with Crippen LogP contribution in [0.4, 0.5) is 4.39 Å². The first kappa shape index (κ1) is 12.9. The zero-order chi connectivity index (χ0) is 11.3. The molecule has 0 fully saturated rings. The van der Waals surface area contributed by atoms with Gasteiger partial charge < -0.3 is 5.32 Å². The molecule has 0 saturated carbocycles. The third-order valence-electron chi connectivity index (χ3n) is 1.89. The van der Waals surface area contributed by atoms with E-state index in [4.69, 9.17) is 0 Å². The van der Waals surface area contributed by atoms with E-state index in [9.17, 15) is 4.39 Å². The smallest absolute Gasteiger partial charge is 0.125 e. The van der Waals surface area contributed by atoms with Crippen LogP contribution < -0.4 is 5.32 Å². The Morgan fingerprint density at radius 1 is 1.33 bits per heavy atom. The van der Waals surface area contributed by atoms with Crippen LogP contribution in [0.1, 0.15) is 12.0 Å². The van der Waals surface area contributed by atoms with Crippen LogP contribution >= 0.6 is 31.9 Å². The Hall–Kier alpha value is -0.190. The van der Waals surface area contributed by atoms with Gasteiger partial charge in [-0.05, 0) is 32.1 Å². The molecule has 0 aliphatic carbocycles. The van der Waals surface area contributed by atoms with Crippen molar-refractivity contribution < 1.29 is 4.39 Å². The van der Waals surface area contributed by atoms with Gasteiger partial charge in [-0.1, -0.05) is 44.0 Å². The third kappa shape index (κ3) is 4.05. The van der Waals surface area contributed by atoms with Crippen molar-refractivity contribution in [2.75, 3.05) is 13.6 Å². The van der Waals surface area contributed by atoms with Crippen LogP contribution in [-0.2, 0) is 0 Å². The molecule has 1 aromatic rings. The summed E-state index contributed by atoms with van der Waals surface area (Å²) in [6, 6.07) is 2.92. The standard InChI is InChI=1S/C11H12Br2FN/c1-15-5-3-2-4-9-10(12)6-8(14)7-11(9)13/h2,4,6-7,15H,3,5H2,1H3. The molecule has 0 heterocycles. The maximum absolute atomic E-state index is 13.0. The van der Waals surface area contributed by atoms with Crippen molar-refractivity contribution in [3.05, 3.63) is 38.5 Å². The van der Waals surface area contributed by atoms with Gasteiger partial charge in [-0.15, -0.1) is 0 Å². The lowest BCUT2D eigenvalue weighted by molar-refractivity contribution is 0.626. The maximum atomic E-state index is 13.0. The summed E-state index contributed by atoms with van der Waals surface area (Å²) in [6.07, 6.45) is 4.98. The summed E-state index contributed by atoms with van der Waals surface area (Å²) in [7, 11) is 1.91. The minimum atomic E-state index is -0.249. The molecule has 0 unspecified atom stereocenters. The Bertz CT molecular complexity index is 341.